The van der Waals surface area contributed by atoms with Gasteiger partial charge < -0.3 is 5.32 Å². The van der Waals surface area contributed by atoms with Crippen LogP contribution in [0.15, 0.2) is 0 Å². The third-order valence-electron chi connectivity index (χ3n) is 4.09. The van der Waals surface area contributed by atoms with Crippen LogP contribution in [0.3, 0.4) is 0 Å². The molecule has 0 aromatic heterocycles. The Labute approximate surface area is 88.7 Å². The maximum absolute atomic E-state index is 3.67. The number of rotatable bonds is 2. The largest absolute Gasteiger partial charge is 0.312 e. The van der Waals surface area contributed by atoms with E-state index >= 15 is 0 Å². The first-order valence-corrected chi connectivity index (χ1v) is 6.46. The molecule has 0 amide bonds. The predicted octanol–water partition coefficient (Wildman–Crippen LogP) is 3.49. The van der Waals surface area contributed by atoms with Gasteiger partial charge in [-0.1, -0.05) is 39.5 Å². The quantitative estimate of drug-likeness (QED) is 0.711. The monoisotopic (exact) mass is 195 g/mol. The highest BCUT2D eigenvalue weighted by atomic mass is 15.0. The second-order valence-corrected chi connectivity index (χ2v) is 5.84. The highest BCUT2D eigenvalue weighted by Gasteiger charge is 2.43. The van der Waals surface area contributed by atoms with Gasteiger partial charge in [0.15, 0.2) is 0 Å². The van der Waals surface area contributed by atoms with Crippen molar-refractivity contribution in [2.24, 2.45) is 5.41 Å². The molecule has 0 aliphatic heterocycles. The Morgan fingerprint density at radius 2 is 1.57 bits per heavy atom. The van der Waals surface area contributed by atoms with Crippen molar-refractivity contribution in [3.63, 3.8) is 0 Å². The van der Waals surface area contributed by atoms with Crippen molar-refractivity contribution >= 4 is 0 Å². The van der Waals surface area contributed by atoms with E-state index in [9.17, 15) is 0 Å². The smallest absolute Gasteiger partial charge is 0.00800 e. The van der Waals surface area contributed by atoms with E-state index in [1.807, 2.05) is 0 Å². The highest BCUT2D eigenvalue weighted by Crippen LogP contribution is 2.50. The fourth-order valence-corrected chi connectivity index (χ4v) is 3.46. The Morgan fingerprint density at radius 1 is 1.00 bits per heavy atom. The van der Waals surface area contributed by atoms with Gasteiger partial charge in [0.05, 0.1) is 0 Å². The van der Waals surface area contributed by atoms with Crippen molar-refractivity contribution in [3.8, 4) is 0 Å². The first-order chi connectivity index (χ1) is 6.70. The van der Waals surface area contributed by atoms with Gasteiger partial charge in [0.1, 0.15) is 0 Å². The third kappa shape index (κ3) is 2.31. The molecule has 2 saturated carbocycles. The molecule has 1 spiro atoms. The predicted molar refractivity (Wildman–Crippen MR) is 61.4 cm³/mol. The molecular formula is C13H25N. The first kappa shape index (κ1) is 10.5. The summed E-state index contributed by atoms with van der Waals surface area (Å²) in [5.74, 6) is 0. The minimum absolute atomic E-state index is 0.670. The molecule has 0 aromatic carbocycles. The van der Waals surface area contributed by atoms with Crippen molar-refractivity contribution in [2.45, 2.75) is 77.3 Å². The van der Waals surface area contributed by atoms with Gasteiger partial charge in [-0.05, 0) is 31.1 Å². The molecule has 0 bridgehead atoms. The molecule has 0 atom stereocenters. The van der Waals surface area contributed by atoms with Gasteiger partial charge in [0.2, 0.25) is 0 Å². The van der Waals surface area contributed by atoms with E-state index in [2.05, 4.69) is 19.2 Å². The van der Waals surface area contributed by atoms with Crippen LogP contribution in [0.2, 0.25) is 0 Å². The van der Waals surface area contributed by atoms with Crippen LogP contribution >= 0.6 is 0 Å². The third-order valence-corrected chi connectivity index (χ3v) is 4.09. The van der Waals surface area contributed by atoms with E-state index in [0.29, 0.717) is 6.04 Å². The lowest BCUT2D eigenvalue weighted by Gasteiger charge is -2.49. The topological polar surface area (TPSA) is 12.0 Å². The lowest BCUT2D eigenvalue weighted by Crippen LogP contribution is -2.50. The van der Waals surface area contributed by atoms with E-state index in [0.717, 1.165) is 11.5 Å². The molecule has 82 valence electrons. The average Bonchev–Trinajstić information content (AvgIpc) is 2.27. The van der Waals surface area contributed by atoms with E-state index in [1.54, 1.807) is 0 Å². The lowest BCUT2D eigenvalue weighted by molar-refractivity contribution is 0.0593. The summed E-state index contributed by atoms with van der Waals surface area (Å²) >= 11 is 0. The van der Waals surface area contributed by atoms with Gasteiger partial charge in [-0.15, -0.1) is 0 Å². The van der Waals surface area contributed by atoms with E-state index in [4.69, 9.17) is 0 Å². The summed E-state index contributed by atoms with van der Waals surface area (Å²) in [5.41, 5.74) is 0.781. The van der Waals surface area contributed by atoms with Crippen LogP contribution in [-0.4, -0.2) is 12.1 Å². The van der Waals surface area contributed by atoms with E-state index in [1.165, 1.54) is 51.4 Å². The molecule has 0 aromatic rings. The number of hydrogen-bond acceptors (Lipinski definition) is 1. The molecule has 2 fully saturated rings. The van der Waals surface area contributed by atoms with Crippen LogP contribution < -0.4 is 5.32 Å². The molecule has 0 saturated heterocycles. The molecule has 2 aliphatic rings. The van der Waals surface area contributed by atoms with Gasteiger partial charge in [-0.3, -0.25) is 0 Å². The second-order valence-electron chi connectivity index (χ2n) is 5.84. The average molecular weight is 195 g/mol. The van der Waals surface area contributed by atoms with Gasteiger partial charge in [0.25, 0.3) is 0 Å². The highest BCUT2D eigenvalue weighted by molar-refractivity contribution is 4.98. The van der Waals surface area contributed by atoms with Crippen molar-refractivity contribution in [1.29, 1.82) is 0 Å². The van der Waals surface area contributed by atoms with Crippen LogP contribution in [0.25, 0.3) is 0 Å². The summed E-state index contributed by atoms with van der Waals surface area (Å²) < 4.78 is 0. The zero-order chi connectivity index (χ0) is 10.0. The van der Waals surface area contributed by atoms with Crippen LogP contribution in [0.5, 0.6) is 0 Å². The lowest BCUT2D eigenvalue weighted by atomic mass is 9.61. The molecule has 2 aliphatic carbocycles. The van der Waals surface area contributed by atoms with Crippen LogP contribution in [-0.2, 0) is 0 Å². The molecule has 1 heteroatoms. The zero-order valence-electron chi connectivity index (χ0n) is 9.81. The summed E-state index contributed by atoms with van der Waals surface area (Å²) in [6.07, 6.45) is 11.9. The fraction of sp³-hybridized carbons (Fsp3) is 1.00. The van der Waals surface area contributed by atoms with Crippen LogP contribution in [0.4, 0.5) is 0 Å². The van der Waals surface area contributed by atoms with Gasteiger partial charge in [-0.2, -0.15) is 0 Å². The Bertz CT molecular complexity index is 170. The van der Waals surface area contributed by atoms with Gasteiger partial charge >= 0.3 is 0 Å². The Hall–Kier alpha value is -0.0400. The summed E-state index contributed by atoms with van der Waals surface area (Å²) in [6, 6.07) is 1.51. The normalized spacial score (nSPS) is 27.6. The van der Waals surface area contributed by atoms with Crippen molar-refractivity contribution in [2.75, 3.05) is 0 Å². The summed E-state index contributed by atoms with van der Waals surface area (Å²) in [4.78, 5) is 0. The molecule has 0 heterocycles. The van der Waals surface area contributed by atoms with Crippen molar-refractivity contribution in [3.05, 3.63) is 0 Å². The SMILES string of the molecule is CC(C)NC1CC2(CCCCCC2)C1. The summed E-state index contributed by atoms with van der Waals surface area (Å²) in [7, 11) is 0. The number of nitrogens with one attached hydrogen (secondary N) is 1. The molecule has 14 heavy (non-hydrogen) atoms. The van der Waals surface area contributed by atoms with E-state index < -0.39 is 0 Å². The summed E-state index contributed by atoms with van der Waals surface area (Å²) in [6.45, 7) is 4.52. The maximum atomic E-state index is 3.67. The Morgan fingerprint density at radius 3 is 2.07 bits per heavy atom. The summed E-state index contributed by atoms with van der Waals surface area (Å²) in [5, 5.41) is 3.67. The van der Waals surface area contributed by atoms with Crippen molar-refractivity contribution < 1.29 is 0 Å². The molecule has 1 N–H and O–H groups in total. The standard InChI is InChI=1S/C13H25N/c1-11(2)14-12-9-13(10-12)7-5-3-4-6-8-13/h11-12,14H,3-10H2,1-2H3. The molecule has 0 radical (unpaired) electrons. The molecule has 1 nitrogen and oxygen atoms in total. The van der Waals surface area contributed by atoms with E-state index in [-0.39, 0.29) is 0 Å². The Balaban J connectivity index is 1.78. The van der Waals surface area contributed by atoms with Gasteiger partial charge in [-0.25, -0.2) is 0 Å². The molecule has 0 unspecified atom stereocenters. The molecule has 2 rings (SSSR count). The minimum atomic E-state index is 0.670. The minimum Gasteiger partial charge on any atom is -0.312 e. The second kappa shape index (κ2) is 4.22. The van der Waals surface area contributed by atoms with Crippen molar-refractivity contribution in [1.82, 2.24) is 5.32 Å². The van der Waals surface area contributed by atoms with Gasteiger partial charge in [0, 0.05) is 12.1 Å². The Kier molecular flexibility index (Phi) is 3.16. The maximum Gasteiger partial charge on any atom is 0.00800 e. The van der Waals surface area contributed by atoms with Crippen LogP contribution in [0.1, 0.15) is 65.2 Å². The fourth-order valence-electron chi connectivity index (χ4n) is 3.46. The first-order valence-electron chi connectivity index (χ1n) is 6.46. The zero-order valence-corrected chi connectivity index (χ0v) is 9.81. The van der Waals surface area contributed by atoms with Crippen LogP contribution in [0, 0.1) is 5.41 Å². The molecular weight excluding hydrogens is 170 g/mol. The number of hydrogen-bond donors (Lipinski definition) is 1.